The van der Waals surface area contributed by atoms with Crippen molar-refractivity contribution >= 4 is 64.1 Å². The molecule has 108 valence electrons. The van der Waals surface area contributed by atoms with Crippen LogP contribution >= 0.6 is 46.4 Å². The van der Waals surface area contributed by atoms with E-state index in [4.69, 9.17) is 46.4 Å². The normalized spacial score (nSPS) is 10.9. The molecule has 0 bridgehead atoms. The summed E-state index contributed by atoms with van der Waals surface area (Å²) in [5.41, 5.74) is 1.29. The Labute approximate surface area is 142 Å². The molecule has 0 aliphatic rings. The largest absolute Gasteiger partial charge is 0.322 e. The van der Waals surface area contributed by atoms with Gasteiger partial charge in [0.25, 0.3) is 0 Å². The van der Waals surface area contributed by atoms with Gasteiger partial charge < -0.3 is 5.32 Å². The predicted octanol–water partition coefficient (Wildman–Crippen LogP) is 5.95. The van der Waals surface area contributed by atoms with Gasteiger partial charge in [-0.05, 0) is 42.0 Å². The van der Waals surface area contributed by atoms with Gasteiger partial charge >= 0.3 is 0 Å². The van der Waals surface area contributed by atoms with Crippen molar-refractivity contribution in [3.8, 4) is 0 Å². The van der Waals surface area contributed by atoms with E-state index in [2.05, 4.69) is 5.32 Å². The summed E-state index contributed by atoms with van der Waals surface area (Å²) < 4.78 is 0. The minimum atomic E-state index is -0.306. The molecule has 21 heavy (non-hydrogen) atoms. The fourth-order valence-corrected chi connectivity index (χ4v) is 2.43. The third-order valence-electron chi connectivity index (χ3n) is 2.50. The molecule has 1 N–H and O–H groups in total. The summed E-state index contributed by atoms with van der Waals surface area (Å²) >= 11 is 23.4. The first kappa shape index (κ1) is 16.2. The number of hydrogen-bond acceptors (Lipinski definition) is 1. The van der Waals surface area contributed by atoms with E-state index in [0.29, 0.717) is 25.8 Å². The number of hydrogen-bond donors (Lipinski definition) is 1. The van der Waals surface area contributed by atoms with E-state index < -0.39 is 0 Å². The van der Waals surface area contributed by atoms with Crippen LogP contribution in [0, 0.1) is 0 Å². The quantitative estimate of drug-likeness (QED) is 0.673. The number of carbonyl (C=O) groups is 1. The number of carbonyl (C=O) groups excluding carboxylic acids is 1. The van der Waals surface area contributed by atoms with Gasteiger partial charge in [0, 0.05) is 21.8 Å². The molecule has 0 fully saturated rings. The molecule has 0 unspecified atom stereocenters. The molecule has 0 atom stereocenters. The SMILES string of the molecule is O=C(/C=C/c1ccc(Cl)c(Cl)c1)Nc1cc(Cl)cc(Cl)c1. The first-order valence-electron chi connectivity index (χ1n) is 5.84. The molecular weight excluding hydrogens is 352 g/mol. The first-order valence-corrected chi connectivity index (χ1v) is 7.35. The number of halogens is 4. The highest BCUT2D eigenvalue weighted by molar-refractivity contribution is 6.42. The van der Waals surface area contributed by atoms with Crippen molar-refractivity contribution in [3.63, 3.8) is 0 Å². The summed E-state index contributed by atoms with van der Waals surface area (Å²) in [5.74, 6) is -0.306. The van der Waals surface area contributed by atoms with Crippen LogP contribution < -0.4 is 5.32 Å². The summed E-state index contributed by atoms with van der Waals surface area (Å²) in [6, 6.07) is 9.90. The van der Waals surface area contributed by atoms with Crippen molar-refractivity contribution in [3.05, 3.63) is 68.1 Å². The maximum atomic E-state index is 11.8. The summed E-state index contributed by atoms with van der Waals surface area (Å²) in [5, 5.41) is 4.46. The lowest BCUT2D eigenvalue weighted by molar-refractivity contribution is -0.111. The van der Waals surface area contributed by atoms with E-state index in [1.54, 1.807) is 42.5 Å². The van der Waals surface area contributed by atoms with Gasteiger partial charge in [-0.3, -0.25) is 4.79 Å². The summed E-state index contributed by atoms with van der Waals surface area (Å²) in [7, 11) is 0. The van der Waals surface area contributed by atoms with E-state index in [1.165, 1.54) is 6.08 Å². The lowest BCUT2D eigenvalue weighted by atomic mass is 10.2. The van der Waals surface area contributed by atoms with Gasteiger partial charge in [0.15, 0.2) is 0 Å². The van der Waals surface area contributed by atoms with Crippen LogP contribution in [0.3, 0.4) is 0 Å². The molecule has 6 heteroatoms. The fourth-order valence-electron chi connectivity index (χ4n) is 1.60. The number of rotatable bonds is 3. The van der Waals surface area contributed by atoms with Crippen molar-refractivity contribution < 1.29 is 4.79 Å². The van der Waals surface area contributed by atoms with Crippen LogP contribution in [-0.2, 0) is 4.79 Å². The minimum absolute atomic E-state index is 0.306. The highest BCUT2D eigenvalue weighted by atomic mass is 35.5. The van der Waals surface area contributed by atoms with Crippen LogP contribution in [-0.4, -0.2) is 5.91 Å². The van der Waals surface area contributed by atoms with Crippen molar-refractivity contribution in [1.82, 2.24) is 0 Å². The molecule has 0 aromatic heterocycles. The predicted molar refractivity (Wildman–Crippen MR) is 90.6 cm³/mol. The topological polar surface area (TPSA) is 29.1 Å². The van der Waals surface area contributed by atoms with Gasteiger partial charge in [-0.25, -0.2) is 0 Å². The average Bonchev–Trinajstić information content (AvgIpc) is 2.39. The third kappa shape index (κ3) is 4.94. The lowest BCUT2D eigenvalue weighted by Crippen LogP contribution is -2.07. The Morgan fingerprint density at radius 1 is 0.905 bits per heavy atom. The van der Waals surface area contributed by atoms with E-state index in [-0.39, 0.29) is 5.91 Å². The van der Waals surface area contributed by atoms with Crippen LogP contribution in [0.4, 0.5) is 5.69 Å². The Hall–Kier alpha value is -1.19. The van der Waals surface area contributed by atoms with Gasteiger partial charge in [0.2, 0.25) is 5.91 Å². The Morgan fingerprint density at radius 2 is 1.57 bits per heavy atom. The lowest BCUT2D eigenvalue weighted by Gasteiger charge is -2.03. The molecular formula is C15H9Cl4NO. The molecule has 0 saturated heterocycles. The van der Waals surface area contributed by atoms with E-state index >= 15 is 0 Å². The molecule has 2 rings (SSSR count). The molecule has 0 aliphatic carbocycles. The zero-order valence-corrected chi connectivity index (χ0v) is 13.6. The zero-order chi connectivity index (χ0) is 15.4. The van der Waals surface area contributed by atoms with Crippen molar-refractivity contribution in [2.45, 2.75) is 0 Å². The Kier molecular flexibility index (Phi) is 5.54. The molecule has 1 amide bonds. The van der Waals surface area contributed by atoms with E-state index in [9.17, 15) is 4.79 Å². The van der Waals surface area contributed by atoms with Crippen LogP contribution in [0.25, 0.3) is 6.08 Å². The molecule has 0 saturated carbocycles. The monoisotopic (exact) mass is 359 g/mol. The Bertz CT molecular complexity index is 693. The summed E-state index contributed by atoms with van der Waals surface area (Å²) in [6.07, 6.45) is 3.01. The fraction of sp³-hybridized carbons (Fsp3) is 0. The van der Waals surface area contributed by atoms with Crippen LogP contribution in [0.5, 0.6) is 0 Å². The highest BCUT2D eigenvalue weighted by Crippen LogP contribution is 2.24. The second-order valence-corrected chi connectivity index (χ2v) is 5.84. The van der Waals surface area contributed by atoms with Gasteiger partial charge in [0.05, 0.1) is 10.0 Å². The minimum Gasteiger partial charge on any atom is -0.322 e. The smallest absolute Gasteiger partial charge is 0.248 e. The van der Waals surface area contributed by atoms with Gasteiger partial charge in [0.1, 0.15) is 0 Å². The Balaban J connectivity index is 2.07. The number of benzene rings is 2. The van der Waals surface area contributed by atoms with Crippen LogP contribution in [0.1, 0.15) is 5.56 Å². The molecule has 0 radical (unpaired) electrons. The van der Waals surface area contributed by atoms with Crippen molar-refractivity contribution in [2.24, 2.45) is 0 Å². The van der Waals surface area contributed by atoms with Crippen molar-refractivity contribution in [1.29, 1.82) is 0 Å². The third-order valence-corrected chi connectivity index (χ3v) is 3.68. The molecule has 2 aromatic rings. The molecule has 0 heterocycles. The second-order valence-electron chi connectivity index (χ2n) is 4.15. The van der Waals surface area contributed by atoms with Crippen LogP contribution in [0.2, 0.25) is 20.1 Å². The summed E-state index contributed by atoms with van der Waals surface area (Å²) in [6.45, 7) is 0. The van der Waals surface area contributed by atoms with E-state index in [1.807, 2.05) is 0 Å². The van der Waals surface area contributed by atoms with Gasteiger partial charge in [-0.1, -0.05) is 52.5 Å². The van der Waals surface area contributed by atoms with Crippen molar-refractivity contribution in [2.75, 3.05) is 5.32 Å². The van der Waals surface area contributed by atoms with Gasteiger partial charge in [-0.15, -0.1) is 0 Å². The standard InChI is InChI=1S/C15H9Cl4NO/c16-10-6-11(17)8-12(7-10)20-15(21)4-2-9-1-3-13(18)14(19)5-9/h1-8H,(H,20,21)/b4-2+. The number of anilines is 1. The number of amides is 1. The Morgan fingerprint density at radius 3 is 2.19 bits per heavy atom. The zero-order valence-electron chi connectivity index (χ0n) is 10.5. The van der Waals surface area contributed by atoms with Crippen LogP contribution in [0.15, 0.2) is 42.5 Å². The highest BCUT2D eigenvalue weighted by Gasteiger charge is 2.02. The molecule has 0 spiro atoms. The first-order chi connectivity index (χ1) is 9.94. The van der Waals surface area contributed by atoms with E-state index in [0.717, 1.165) is 5.56 Å². The molecule has 2 aromatic carbocycles. The maximum Gasteiger partial charge on any atom is 0.248 e. The average molecular weight is 361 g/mol. The molecule has 2 nitrogen and oxygen atoms in total. The number of nitrogens with one attached hydrogen (secondary N) is 1. The summed E-state index contributed by atoms with van der Waals surface area (Å²) in [4.78, 5) is 11.8. The molecule has 0 aliphatic heterocycles. The maximum absolute atomic E-state index is 11.8. The van der Waals surface area contributed by atoms with Gasteiger partial charge in [-0.2, -0.15) is 0 Å². The second kappa shape index (κ2) is 7.19.